The second-order valence-corrected chi connectivity index (χ2v) is 10.7. The van der Waals surface area contributed by atoms with Crippen LogP contribution in [-0.2, 0) is 9.59 Å². The molecule has 4 rings (SSSR count). The highest BCUT2D eigenvalue weighted by Crippen LogP contribution is 2.43. The molecule has 0 aliphatic carbocycles. The lowest BCUT2D eigenvalue weighted by molar-refractivity contribution is -0.114. The molecule has 0 unspecified atom stereocenters. The van der Waals surface area contributed by atoms with Crippen molar-refractivity contribution in [1.82, 2.24) is 5.32 Å². The summed E-state index contributed by atoms with van der Waals surface area (Å²) in [7, 11) is 1.52. The fourth-order valence-electron chi connectivity index (χ4n) is 4.35. The van der Waals surface area contributed by atoms with E-state index in [1.165, 1.54) is 18.9 Å². The number of benzene rings is 3. The van der Waals surface area contributed by atoms with Crippen LogP contribution < -0.4 is 20.7 Å². The number of hydrogen-bond acceptors (Lipinski definition) is 6. The van der Waals surface area contributed by atoms with Crippen LogP contribution in [0.4, 0.5) is 11.4 Å². The molecule has 40 heavy (non-hydrogen) atoms. The molecule has 1 atom stereocenters. The molecule has 3 aromatic rings. The van der Waals surface area contributed by atoms with E-state index in [0.717, 1.165) is 5.56 Å². The van der Waals surface area contributed by atoms with Crippen LogP contribution in [0.25, 0.3) is 0 Å². The Bertz CT molecular complexity index is 1580. The SMILES string of the molecule is COc1ccccc1NC(=O)C1=C(C)NC(SCC(=O)Nc2cccc(Cl)c2C)=C(C#N)[C@@H]1c1ccccc1Cl. The van der Waals surface area contributed by atoms with Gasteiger partial charge in [-0.2, -0.15) is 5.26 Å². The number of ether oxygens (including phenoxy) is 1. The van der Waals surface area contributed by atoms with Crippen molar-refractivity contribution in [3.8, 4) is 11.8 Å². The fraction of sp³-hybridized carbons (Fsp3) is 0.167. The lowest BCUT2D eigenvalue weighted by atomic mass is 9.82. The highest BCUT2D eigenvalue weighted by molar-refractivity contribution is 8.03. The number of amides is 2. The van der Waals surface area contributed by atoms with Crippen molar-refractivity contribution < 1.29 is 14.3 Å². The zero-order valence-corrected chi connectivity index (χ0v) is 24.3. The van der Waals surface area contributed by atoms with Gasteiger partial charge in [0.15, 0.2) is 0 Å². The molecular formula is C30H26Cl2N4O3S. The number of halogens is 2. The maximum Gasteiger partial charge on any atom is 0.254 e. The second kappa shape index (κ2) is 13.0. The largest absolute Gasteiger partial charge is 0.495 e. The number of carbonyl (C=O) groups is 2. The van der Waals surface area contributed by atoms with Crippen molar-refractivity contribution in [3.05, 3.63) is 110 Å². The Hall–Kier alpha value is -3.90. The second-order valence-electron chi connectivity index (χ2n) is 8.88. The Morgan fingerprint density at radius 2 is 1.65 bits per heavy atom. The number of allylic oxidation sites excluding steroid dienone is 2. The molecule has 0 aromatic heterocycles. The average Bonchev–Trinajstić information content (AvgIpc) is 2.94. The van der Waals surface area contributed by atoms with Crippen LogP contribution in [-0.4, -0.2) is 24.7 Å². The number of nitriles is 1. The zero-order chi connectivity index (χ0) is 28.8. The van der Waals surface area contributed by atoms with Crippen molar-refractivity contribution in [2.45, 2.75) is 19.8 Å². The quantitative estimate of drug-likeness (QED) is 0.260. The molecule has 0 bridgehead atoms. The van der Waals surface area contributed by atoms with E-state index in [2.05, 4.69) is 22.0 Å². The van der Waals surface area contributed by atoms with Crippen molar-refractivity contribution in [3.63, 3.8) is 0 Å². The molecule has 3 N–H and O–H groups in total. The summed E-state index contributed by atoms with van der Waals surface area (Å²) in [5, 5.41) is 20.7. The normalized spacial score (nSPS) is 14.8. The van der Waals surface area contributed by atoms with E-state index in [0.29, 0.717) is 49.0 Å². The van der Waals surface area contributed by atoms with E-state index < -0.39 is 11.8 Å². The summed E-state index contributed by atoms with van der Waals surface area (Å²) in [6, 6.07) is 21.7. The highest BCUT2D eigenvalue weighted by atomic mass is 35.5. The molecule has 204 valence electrons. The van der Waals surface area contributed by atoms with Gasteiger partial charge in [-0.05, 0) is 55.3 Å². The molecule has 2 amide bonds. The Morgan fingerprint density at radius 1 is 0.975 bits per heavy atom. The van der Waals surface area contributed by atoms with E-state index in [1.807, 2.05) is 6.92 Å². The topological polar surface area (TPSA) is 103 Å². The average molecular weight is 594 g/mol. The Balaban J connectivity index is 1.66. The summed E-state index contributed by atoms with van der Waals surface area (Å²) in [4.78, 5) is 26.5. The van der Waals surface area contributed by atoms with Gasteiger partial charge in [-0.15, -0.1) is 0 Å². The molecule has 1 heterocycles. The maximum absolute atomic E-state index is 13.7. The van der Waals surface area contributed by atoms with Crippen LogP contribution in [0.15, 0.2) is 88.6 Å². The standard InChI is InChI=1S/C30H26Cl2N4O3S/c1-17-21(31)11-8-13-23(17)35-26(37)16-40-30-20(15-33)28(19-9-4-5-10-22(19)32)27(18(2)34-30)29(38)36-24-12-6-7-14-25(24)39-3/h4-14,28,34H,16H2,1-3H3,(H,35,37)(H,36,38)/t28-/m0/s1. The first kappa shape index (κ1) is 29.1. The predicted molar refractivity (Wildman–Crippen MR) is 162 cm³/mol. The van der Waals surface area contributed by atoms with Crippen LogP contribution in [0.5, 0.6) is 5.75 Å². The molecule has 0 spiro atoms. The number of carbonyl (C=O) groups excluding carboxylic acids is 2. The first-order valence-corrected chi connectivity index (χ1v) is 14.0. The van der Waals surface area contributed by atoms with E-state index in [-0.39, 0.29) is 17.2 Å². The van der Waals surface area contributed by atoms with Crippen LogP contribution in [0.1, 0.15) is 24.0 Å². The highest BCUT2D eigenvalue weighted by Gasteiger charge is 2.36. The van der Waals surface area contributed by atoms with E-state index >= 15 is 0 Å². The number of dihydropyridines is 1. The molecule has 3 aromatic carbocycles. The lowest BCUT2D eigenvalue weighted by Gasteiger charge is -2.30. The number of thioether (sulfide) groups is 1. The first-order chi connectivity index (χ1) is 19.2. The summed E-state index contributed by atoms with van der Waals surface area (Å²) < 4.78 is 5.38. The number of nitrogens with zero attached hydrogens (tertiary/aromatic N) is 1. The van der Waals surface area contributed by atoms with E-state index in [4.69, 9.17) is 27.9 Å². The van der Waals surface area contributed by atoms with Gasteiger partial charge in [-0.25, -0.2) is 0 Å². The number of hydrogen-bond donors (Lipinski definition) is 3. The number of nitrogens with one attached hydrogen (secondary N) is 3. The molecule has 0 saturated carbocycles. The third-order valence-electron chi connectivity index (χ3n) is 6.35. The molecule has 10 heteroatoms. The third-order valence-corrected chi connectivity index (χ3v) is 8.12. The predicted octanol–water partition coefficient (Wildman–Crippen LogP) is 7.02. The van der Waals surface area contributed by atoms with Gasteiger partial charge < -0.3 is 20.7 Å². The molecule has 7 nitrogen and oxygen atoms in total. The number of methoxy groups -OCH3 is 1. The lowest BCUT2D eigenvalue weighted by Crippen LogP contribution is -2.31. The summed E-state index contributed by atoms with van der Waals surface area (Å²) >= 11 is 13.9. The van der Waals surface area contributed by atoms with Gasteiger partial charge in [0, 0.05) is 27.0 Å². The van der Waals surface area contributed by atoms with Crippen LogP contribution in [0.2, 0.25) is 10.0 Å². The van der Waals surface area contributed by atoms with Gasteiger partial charge >= 0.3 is 0 Å². The Kier molecular flexibility index (Phi) is 9.43. The minimum Gasteiger partial charge on any atom is -0.495 e. The number of anilines is 2. The smallest absolute Gasteiger partial charge is 0.254 e. The molecule has 1 aliphatic rings. The summed E-state index contributed by atoms with van der Waals surface area (Å²) in [6.07, 6.45) is 0. The number of rotatable bonds is 8. The molecular weight excluding hydrogens is 567 g/mol. The summed E-state index contributed by atoms with van der Waals surface area (Å²) in [6.45, 7) is 3.58. The fourth-order valence-corrected chi connectivity index (χ4v) is 5.66. The van der Waals surface area contributed by atoms with Crippen molar-refractivity contribution in [2.75, 3.05) is 23.5 Å². The van der Waals surface area contributed by atoms with Crippen LogP contribution in [0, 0.1) is 18.3 Å². The van der Waals surface area contributed by atoms with Crippen LogP contribution >= 0.6 is 35.0 Å². The van der Waals surface area contributed by atoms with Gasteiger partial charge in [-0.3, -0.25) is 9.59 Å². The minimum absolute atomic E-state index is 0.0186. The van der Waals surface area contributed by atoms with Gasteiger partial charge in [0.05, 0.1) is 41.1 Å². The minimum atomic E-state index is -0.768. The maximum atomic E-state index is 13.7. The van der Waals surface area contributed by atoms with Gasteiger partial charge in [-0.1, -0.05) is 71.4 Å². The van der Waals surface area contributed by atoms with Gasteiger partial charge in [0.25, 0.3) is 5.91 Å². The first-order valence-electron chi connectivity index (χ1n) is 12.2. The Labute approximate surface area is 247 Å². The number of para-hydroxylation sites is 2. The van der Waals surface area contributed by atoms with E-state index in [9.17, 15) is 14.9 Å². The monoisotopic (exact) mass is 592 g/mol. The van der Waals surface area contributed by atoms with Crippen LogP contribution in [0.3, 0.4) is 0 Å². The molecule has 0 radical (unpaired) electrons. The van der Waals surface area contributed by atoms with Crippen molar-refractivity contribution in [2.24, 2.45) is 0 Å². The Morgan fingerprint density at radius 3 is 2.38 bits per heavy atom. The van der Waals surface area contributed by atoms with Gasteiger partial charge in [0.1, 0.15) is 5.75 Å². The molecule has 0 saturated heterocycles. The van der Waals surface area contributed by atoms with E-state index in [1.54, 1.807) is 73.7 Å². The van der Waals surface area contributed by atoms with Crippen molar-refractivity contribution in [1.29, 1.82) is 5.26 Å². The molecule has 0 fully saturated rings. The summed E-state index contributed by atoms with van der Waals surface area (Å²) in [5.41, 5.74) is 3.61. The van der Waals surface area contributed by atoms with Gasteiger partial charge in [0.2, 0.25) is 5.91 Å². The zero-order valence-electron chi connectivity index (χ0n) is 22.0. The van der Waals surface area contributed by atoms with Crippen molar-refractivity contribution >= 4 is 58.2 Å². The third kappa shape index (κ3) is 6.28. The summed E-state index contributed by atoms with van der Waals surface area (Å²) in [5.74, 6) is -0.927. The molecule has 1 aliphatic heterocycles.